The van der Waals surface area contributed by atoms with Crippen LogP contribution in [-0.4, -0.2) is 11.1 Å². The molecule has 1 aromatic heterocycles. The van der Waals surface area contributed by atoms with Crippen LogP contribution in [0.4, 0.5) is 0 Å². The molecule has 0 spiro atoms. The number of phenolic OH excluding ortho intramolecular Hbond substituents is 1. The summed E-state index contributed by atoms with van der Waals surface area (Å²) < 4.78 is 10.3. The third-order valence-electron chi connectivity index (χ3n) is 3.36. The molecule has 22 heavy (non-hydrogen) atoms. The zero-order chi connectivity index (χ0) is 16.3. The number of carbonyl (C=O) groups is 1. The molecule has 0 aliphatic carbocycles. The summed E-state index contributed by atoms with van der Waals surface area (Å²) in [5.74, 6) is -0.466. The zero-order valence-corrected chi connectivity index (χ0v) is 12.8. The fourth-order valence-electron chi connectivity index (χ4n) is 2.16. The first kappa shape index (κ1) is 15.8. The van der Waals surface area contributed by atoms with Gasteiger partial charge >= 0.3 is 11.6 Å². The van der Waals surface area contributed by atoms with Crippen molar-refractivity contribution >= 4 is 16.9 Å². The molecular formula is C17H18O5. The van der Waals surface area contributed by atoms with E-state index in [0.29, 0.717) is 22.9 Å². The first-order chi connectivity index (χ1) is 10.5. The van der Waals surface area contributed by atoms with Crippen molar-refractivity contribution in [2.75, 3.05) is 0 Å². The van der Waals surface area contributed by atoms with Gasteiger partial charge in [0.05, 0.1) is 5.39 Å². The average molecular weight is 302 g/mol. The van der Waals surface area contributed by atoms with Gasteiger partial charge in [-0.05, 0) is 25.8 Å². The fourth-order valence-corrected chi connectivity index (χ4v) is 2.16. The number of carbonyl (C=O) groups excluding carboxylic acids is 1. The minimum Gasteiger partial charge on any atom is -0.507 e. The number of benzene rings is 1. The van der Waals surface area contributed by atoms with Crippen LogP contribution in [0.2, 0.25) is 0 Å². The lowest BCUT2D eigenvalue weighted by Crippen LogP contribution is -2.09. The van der Waals surface area contributed by atoms with Gasteiger partial charge in [-0.25, -0.2) is 9.59 Å². The molecule has 0 unspecified atom stereocenters. The Morgan fingerprint density at radius 2 is 2.09 bits per heavy atom. The van der Waals surface area contributed by atoms with E-state index < -0.39 is 11.6 Å². The normalized spacial score (nSPS) is 11.7. The van der Waals surface area contributed by atoms with Gasteiger partial charge in [-0.1, -0.05) is 19.4 Å². The molecule has 0 saturated carbocycles. The Kier molecular flexibility index (Phi) is 4.65. The first-order valence-corrected chi connectivity index (χ1v) is 7.11. The molecule has 2 rings (SSSR count). The first-order valence-electron chi connectivity index (χ1n) is 7.11. The fraction of sp³-hybridized carbons (Fsp3) is 0.294. The summed E-state index contributed by atoms with van der Waals surface area (Å²) in [6.45, 7) is 5.33. The highest BCUT2D eigenvalue weighted by Gasteiger charge is 2.14. The van der Waals surface area contributed by atoms with Crippen molar-refractivity contribution < 1.29 is 19.1 Å². The Labute approximate surface area is 127 Å². The van der Waals surface area contributed by atoms with Gasteiger partial charge in [-0.15, -0.1) is 0 Å². The van der Waals surface area contributed by atoms with Gasteiger partial charge in [0.1, 0.15) is 17.1 Å². The third-order valence-corrected chi connectivity index (χ3v) is 3.36. The number of phenols is 1. The molecule has 116 valence electrons. The molecular weight excluding hydrogens is 284 g/mol. The van der Waals surface area contributed by atoms with Crippen molar-refractivity contribution in [3.8, 4) is 11.5 Å². The lowest BCUT2D eigenvalue weighted by molar-refractivity contribution is -0.130. The molecule has 1 N–H and O–H groups in total. The molecule has 0 aliphatic heterocycles. The topological polar surface area (TPSA) is 76.7 Å². The number of hydrogen-bond acceptors (Lipinski definition) is 5. The largest absolute Gasteiger partial charge is 0.507 e. The van der Waals surface area contributed by atoms with Crippen molar-refractivity contribution in [3.05, 3.63) is 45.8 Å². The molecule has 2 aromatic rings. The molecule has 0 fully saturated rings. The number of allylic oxidation sites excluding steroid dienone is 1. The molecule has 1 aromatic carbocycles. The summed E-state index contributed by atoms with van der Waals surface area (Å²) in [6, 6.07) is 4.17. The van der Waals surface area contributed by atoms with E-state index in [2.05, 4.69) is 0 Å². The monoisotopic (exact) mass is 302 g/mol. The van der Waals surface area contributed by atoms with Gasteiger partial charge in [0.15, 0.2) is 0 Å². The quantitative estimate of drug-likeness (QED) is 0.406. The van der Waals surface area contributed by atoms with E-state index in [0.717, 1.165) is 6.42 Å². The van der Waals surface area contributed by atoms with E-state index in [-0.39, 0.29) is 17.1 Å². The van der Waals surface area contributed by atoms with E-state index in [1.54, 1.807) is 19.9 Å². The number of ether oxygens (including phenoxy) is 1. The number of aryl methyl sites for hydroxylation is 1. The van der Waals surface area contributed by atoms with Gasteiger partial charge in [0, 0.05) is 23.8 Å². The van der Waals surface area contributed by atoms with E-state index in [1.807, 2.05) is 6.92 Å². The smallest absolute Gasteiger partial charge is 0.338 e. The van der Waals surface area contributed by atoms with E-state index in [4.69, 9.17) is 9.15 Å². The van der Waals surface area contributed by atoms with Crippen LogP contribution in [0.5, 0.6) is 11.5 Å². The molecule has 5 heteroatoms. The Balaban J connectivity index is 2.53. The third kappa shape index (κ3) is 3.19. The van der Waals surface area contributed by atoms with Crippen LogP contribution in [-0.2, 0) is 11.2 Å². The SMILES string of the molecule is C/C=C(\C)C(=O)Oc1cc(O)c2c(CCC)cc(=O)oc2c1. The number of fused-ring (bicyclic) bond motifs is 1. The predicted molar refractivity (Wildman–Crippen MR) is 83.2 cm³/mol. The van der Waals surface area contributed by atoms with Crippen LogP contribution in [0.1, 0.15) is 32.8 Å². The van der Waals surface area contributed by atoms with Crippen LogP contribution >= 0.6 is 0 Å². The van der Waals surface area contributed by atoms with Crippen molar-refractivity contribution in [3.63, 3.8) is 0 Å². The predicted octanol–water partition coefficient (Wildman–Crippen LogP) is 3.32. The average Bonchev–Trinajstić information content (AvgIpc) is 2.45. The van der Waals surface area contributed by atoms with Crippen LogP contribution in [0, 0.1) is 0 Å². The maximum atomic E-state index is 11.8. The second-order valence-corrected chi connectivity index (χ2v) is 5.02. The van der Waals surface area contributed by atoms with Gasteiger partial charge in [-0.2, -0.15) is 0 Å². The van der Waals surface area contributed by atoms with Crippen molar-refractivity contribution in [1.29, 1.82) is 0 Å². The zero-order valence-electron chi connectivity index (χ0n) is 12.8. The second-order valence-electron chi connectivity index (χ2n) is 5.02. The van der Waals surface area contributed by atoms with Gasteiger partial charge in [-0.3, -0.25) is 0 Å². The minimum absolute atomic E-state index is 0.0781. The van der Waals surface area contributed by atoms with Crippen LogP contribution in [0.25, 0.3) is 11.0 Å². The molecule has 0 amide bonds. The van der Waals surface area contributed by atoms with Crippen LogP contribution in [0.3, 0.4) is 0 Å². The number of aromatic hydroxyl groups is 1. The Bertz CT molecular complexity index is 799. The molecule has 0 bridgehead atoms. The summed E-state index contributed by atoms with van der Waals surface area (Å²) >= 11 is 0. The standard InChI is InChI=1S/C17H18O5/c1-4-6-11-7-15(19)22-14-9-12(8-13(18)16(11)14)21-17(20)10(3)5-2/h5,7-9,18H,4,6H2,1-3H3/b10-5+. The Morgan fingerprint density at radius 1 is 1.36 bits per heavy atom. The van der Waals surface area contributed by atoms with Crippen LogP contribution < -0.4 is 10.4 Å². The molecule has 5 nitrogen and oxygen atoms in total. The minimum atomic E-state index is -0.520. The highest BCUT2D eigenvalue weighted by molar-refractivity contribution is 5.92. The highest BCUT2D eigenvalue weighted by Crippen LogP contribution is 2.32. The highest BCUT2D eigenvalue weighted by atomic mass is 16.5. The lowest BCUT2D eigenvalue weighted by atomic mass is 10.0. The molecule has 0 atom stereocenters. The second kappa shape index (κ2) is 6.47. The van der Waals surface area contributed by atoms with Gasteiger partial charge in [0.2, 0.25) is 0 Å². The maximum Gasteiger partial charge on any atom is 0.338 e. The van der Waals surface area contributed by atoms with E-state index in [9.17, 15) is 14.7 Å². The number of hydrogen-bond donors (Lipinski definition) is 1. The molecule has 0 saturated heterocycles. The summed E-state index contributed by atoms with van der Waals surface area (Å²) in [6.07, 6.45) is 3.10. The summed E-state index contributed by atoms with van der Waals surface area (Å²) in [5, 5.41) is 10.7. The van der Waals surface area contributed by atoms with Crippen molar-refractivity contribution in [1.82, 2.24) is 0 Å². The van der Waals surface area contributed by atoms with E-state index in [1.165, 1.54) is 18.2 Å². The summed E-state index contributed by atoms with van der Waals surface area (Å²) in [4.78, 5) is 23.4. The Morgan fingerprint density at radius 3 is 2.73 bits per heavy atom. The molecule has 0 radical (unpaired) electrons. The summed E-state index contributed by atoms with van der Waals surface area (Å²) in [7, 11) is 0. The van der Waals surface area contributed by atoms with E-state index >= 15 is 0 Å². The van der Waals surface area contributed by atoms with Gasteiger partial charge < -0.3 is 14.3 Å². The molecule has 0 aliphatic rings. The van der Waals surface area contributed by atoms with Gasteiger partial charge in [0.25, 0.3) is 0 Å². The van der Waals surface area contributed by atoms with Crippen LogP contribution in [0.15, 0.2) is 39.1 Å². The summed E-state index contributed by atoms with van der Waals surface area (Å²) in [5.41, 5.74) is 0.870. The van der Waals surface area contributed by atoms with Crippen molar-refractivity contribution in [2.45, 2.75) is 33.6 Å². The molecule has 1 heterocycles. The number of esters is 1. The number of rotatable bonds is 4. The van der Waals surface area contributed by atoms with Crippen molar-refractivity contribution in [2.24, 2.45) is 0 Å². The maximum absolute atomic E-state index is 11.8. The lowest BCUT2D eigenvalue weighted by Gasteiger charge is -2.09. The Hall–Kier alpha value is -2.56.